The minimum absolute atomic E-state index is 0.0528. The van der Waals surface area contributed by atoms with E-state index in [0.29, 0.717) is 24.5 Å². The van der Waals surface area contributed by atoms with Gasteiger partial charge in [-0.2, -0.15) is 13.2 Å². The molecule has 1 aliphatic rings. The summed E-state index contributed by atoms with van der Waals surface area (Å²) in [6.07, 6.45) is -4.98. The van der Waals surface area contributed by atoms with Crippen LogP contribution in [0.4, 0.5) is 35.0 Å². The van der Waals surface area contributed by atoms with Crippen molar-refractivity contribution in [3.63, 3.8) is 0 Å². The Morgan fingerprint density at radius 3 is 2.36 bits per heavy atom. The number of carbonyl (C=O) groups excluding carboxylic acids is 2. The molecule has 1 N–H and O–H groups in total. The molecule has 28 heavy (non-hydrogen) atoms. The lowest BCUT2D eigenvalue weighted by Crippen LogP contribution is -2.23. The van der Waals surface area contributed by atoms with Crippen molar-refractivity contribution in [2.75, 3.05) is 42.4 Å². The number of amides is 2. The number of hydrogen-bond acceptors (Lipinski definition) is 4. The van der Waals surface area contributed by atoms with Crippen LogP contribution in [0, 0.1) is 0 Å². The number of halogens is 3. The monoisotopic (exact) mass is 393 g/mol. The molecule has 0 aromatic heterocycles. The van der Waals surface area contributed by atoms with Gasteiger partial charge in [-0.1, -0.05) is 0 Å². The predicted molar refractivity (Wildman–Crippen MR) is 98.9 cm³/mol. The number of alkyl halides is 3. The Morgan fingerprint density at radius 1 is 1.14 bits per heavy atom. The number of nitrogens with zero attached hydrogens (tertiary/aromatic N) is 2. The fraction of sp³-hybridized carbons (Fsp3) is 0.263. The molecule has 0 unspecified atom stereocenters. The van der Waals surface area contributed by atoms with Crippen molar-refractivity contribution in [1.82, 2.24) is 0 Å². The zero-order valence-electron chi connectivity index (χ0n) is 15.2. The minimum atomic E-state index is -4.52. The largest absolute Gasteiger partial charge is 0.447 e. The molecule has 3 rings (SSSR count). The smallest absolute Gasteiger partial charge is 0.416 e. The van der Waals surface area contributed by atoms with Gasteiger partial charge in [0.05, 0.1) is 23.5 Å². The van der Waals surface area contributed by atoms with Crippen LogP contribution in [0.5, 0.6) is 0 Å². The van der Waals surface area contributed by atoms with Crippen LogP contribution in [0.1, 0.15) is 15.9 Å². The Balaban J connectivity index is 1.83. The van der Waals surface area contributed by atoms with Crippen LogP contribution in [0.25, 0.3) is 0 Å². The molecule has 1 aliphatic heterocycles. The fourth-order valence-electron chi connectivity index (χ4n) is 2.82. The second kappa shape index (κ2) is 7.41. The first-order chi connectivity index (χ1) is 13.2. The van der Waals surface area contributed by atoms with Crippen LogP contribution in [0.15, 0.2) is 42.5 Å². The van der Waals surface area contributed by atoms with Crippen LogP contribution >= 0.6 is 0 Å². The van der Waals surface area contributed by atoms with Crippen LogP contribution in [-0.2, 0) is 10.9 Å². The third kappa shape index (κ3) is 4.03. The summed E-state index contributed by atoms with van der Waals surface area (Å²) in [5, 5.41) is 2.53. The van der Waals surface area contributed by atoms with E-state index >= 15 is 0 Å². The lowest BCUT2D eigenvalue weighted by Gasteiger charge is -2.20. The van der Waals surface area contributed by atoms with Gasteiger partial charge in [0.15, 0.2) is 0 Å². The molecule has 148 valence electrons. The summed E-state index contributed by atoms with van der Waals surface area (Å²) in [7, 11) is 3.34. The van der Waals surface area contributed by atoms with Gasteiger partial charge >= 0.3 is 12.3 Å². The van der Waals surface area contributed by atoms with Gasteiger partial charge in [-0.15, -0.1) is 0 Å². The van der Waals surface area contributed by atoms with Gasteiger partial charge in [0.25, 0.3) is 5.91 Å². The van der Waals surface area contributed by atoms with E-state index in [1.54, 1.807) is 31.1 Å². The van der Waals surface area contributed by atoms with Gasteiger partial charge in [-0.25, -0.2) is 4.79 Å². The number of benzene rings is 2. The normalized spacial score (nSPS) is 14.0. The molecule has 9 heteroatoms. The molecule has 0 spiro atoms. The average molecular weight is 393 g/mol. The maximum absolute atomic E-state index is 13.0. The molecule has 0 aliphatic carbocycles. The first-order valence-electron chi connectivity index (χ1n) is 8.41. The average Bonchev–Trinajstić information content (AvgIpc) is 3.06. The highest BCUT2D eigenvalue weighted by Gasteiger charge is 2.31. The molecule has 2 aromatic carbocycles. The van der Waals surface area contributed by atoms with Crippen molar-refractivity contribution in [1.29, 1.82) is 0 Å². The lowest BCUT2D eigenvalue weighted by molar-refractivity contribution is -0.137. The number of ether oxygens (including phenoxy) is 1. The summed E-state index contributed by atoms with van der Waals surface area (Å²) in [6, 6.07) is 9.34. The molecule has 0 radical (unpaired) electrons. The van der Waals surface area contributed by atoms with Gasteiger partial charge in [-0.05, 0) is 42.5 Å². The number of cyclic esters (lactones) is 1. The van der Waals surface area contributed by atoms with Gasteiger partial charge in [-0.3, -0.25) is 9.69 Å². The van der Waals surface area contributed by atoms with Crippen molar-refractivity contribution in [2.45, 2.75) is 6.18 Å². The van der Waals surface area contributed by atoms with Gasteiger partial charge < -0.3 is 15.0 Å². The number of hydrogen-bond donors (Lipinski definition) is 1. The predicted octanol–water partition coefficient (Wildman–Crippen LogP) is 3.98. The molecule has 1 saturated heterocycles. The second-order valence-electron chi connectivity index (χ2n) is 6.39. The van der Waals surface area contributed by atoms with E-state index in [1.165, 1.54) is 23.1 Å². The maximum atomic E-state index is 13.0. The van der Waals surface area contributed by atoms with E-state index in [-0.39, 0.29) is 11.3 Å². The molecule has 0 atom stereocenters. The first kappa shape index (κ1) is 19.5. The number of nitrogens with one attached hydrogen (secondary N) is 1. The Bertz CT molecular complexity index is 896. The number of carbonyl (C=O) groups is 2. The molecule has 6 nitrogen and oxygen atoms in total. The summed E-state index contributed by atoms with van der Waals surface area (Å²) in [5.74, 6) is -0.557. The Morgan fingerprint density at radius 2 is 1.82 bits per heavy atom. The third-order valence-corrected chi connectivity index (χ3v) is 4.26. The third-order valence-electron chi connectivity index (χ3n) is 4.26. The zero-order chi connectivity index (χ0) is 20.5. The highest BCUT2D eigenvalue weighted by Crippen LogP contribution is 2.35. The number of anilines is 3. The lowest BCUT2D eigenvalue weighted by atomic mass is 10.1. The van der Waals surface area contributed by atoms with Gasteiger partial charge in [0.2, 0.25) is 0 Å². The van der Waals surface area contributed by atoms with Gasteiger partial charge in [0, 0.05) is 25.3 Å². The summed E-state index contributed by atoms with van der Waals surface area (Å²) >= 11 is 0. The quantitative estimate of drug-likeness (QED) is 0.854. The van der Waals surface area contributed by atoms with Gasteiger partial charge in [0.1, 0.15) is 6.61 Å². The molecule has 2 amide bonds. The van der Waals surface area contributed by atoms with Crippen molar-refractivity contribution in [3.05, 3.63) is 53.6 Å². The Hall–Kier alpha value is -3.23. The Kier molecular flexibility index (Phi) is 5.17. The van der Waals surface area contributed by atoms with Crippen molar-refractivity contribution >= 4 is 29.1 Å². The fourth-order valence-corrected chi connectivity index (χ4v) is 2.82. The van der Waals surface area contributed by atoms with E-state index in [1.807, 2.05) is 0 Å². The van der Waals surface area contributed by atoms with Crippen molar-refractivity contribution in [2.24, 2.45) is 0 Å². The van der Waals surface area contributed by atoms with Crippen LogP contribution in [0.2, 0.25) is 0 Å². The van der Waals surface area contributed by atoms with Crippen LogP contribution in [-0.4, -0.2) is 39.2 Å². The van der Waals surface area contributed by atoms with E-state index in [9.17, 15) is 22.8 Å². The maximum Gasteiger partial charge on any atom is 0.416 e. The molecular formula is C19H18F3N3O3. The molecular weight excluding hydrogens is 375 g/mol. The standard InChI is InChI=1S/C19H18F3N3O3/c1-24(2)16-8-5-13(19(20,21)22)11-15(16)23-17(26)12-3-6-14(7-4-12)25-9-10-28-18(25)27/h3-8,11H,9-10H2,1-2H3,(H,23,26). The summed E-state index contributed by atoms with van der Waals surface area (Å²) < 4.78 is 43.9. The highest BCUT2D eigenvalue weighted by molar-refractivity contribution is 6.06. The highest BCUT2D eigenvalue weighted by atomic mass is 19.4. The van der Waals surface area contributed by atoms with Crippen molar-refractivity contribution in [3.8, 4) is 0 Å². The SMILES string of the molecule is CN(C)c1ccc(C(F)(F)F)cc1NC(=O)c1ccc(N2CCOC2=O)cc1. The van der Waals surface area contributed by atoms with E-state index < -0.39 is 23.7 Å². The van der Waals surface area contributed by atoms with E-state index in [4.69, 9.17) is 4.74 Å². The zero-order valence-corrected chi connectivity index (χ0v) is 15.2. The minimum Gasteiger partial charge on any atom is -0.447 e. The summed E-state index contributed by atoms with van der Waals surface area (Å²) in [4.78, 5) is 27.1. The topological polar surface area (TPSA) is 61.9 Å². The second-order valence-corrected chi connectivity index (χ2v) is 6.39. The molecule has 1 heterocycles. The summed E-state index contributed by atoms with van der Waals surface area (Å²) in [5.41, 5.74) is 0.469. The van der Waals surface area contributed by atoms with Crippen LogP contribution < -0.4 is 15.1 Å². The molecule has 0 bridgehead atoms. The van der Waals surface area contributed by atoms with E-state index in [2.05, 4.69) is 5.32 Å². The Labute approximate surface area is 159 Å². The van der Waals surface area contributed by atoms with E-state index in [0.717, 1.165) is 12.1 Å². The molecule has 2 aromatic rings. The van der Waals surface area contributed by atoms with Crippen LogP contribution in [0.3, 0.4) is 0 Å². The molecule has 1 fully saturated rings. The first-order valence-corrected chi connectivity index (χ1v) is 8.41. The summed E-state index contributed by atoms with van der Waals surface area (Å²) in [6.45, 7) is 0.713. The molecule has 0 saturated carbocycles. The van der Waals surface area contributed by atoms with Crippen molar-refractivity contribution < 1.29 is 27.5 Å². The number of rotatable bonds is 4.